The maximum atomic E-state index is 12.0. The van der Waals surface area contributed by atoms with Crippen LogP contribution in [-0.2, 0) is 4.79 Å². The summed E-state index contributed by atoms with van der Waals surface area (Å²) >= 11 is 0. The summed E-state index contributed by atoms with van der Waals surface area (Å²) < 4.78 is 0. The molecule has 2 aliphatic rings. The molecule has 3 N–H and O–H groups in total. The second kappa shape index (κ2) is 4.71. The fraction of sp³-hybridized carbons (Fsp3) is 0.214. The molecule has 1 saturated heterocycles. The van der Waals surface area contributed by atoms with Gasteiger partial charge in [-0.25, -0.2) is 15.4 Å². The summed E-state index contributed by atoms with van der Waals surface area (Å²) in [6.45, 7) is 1.76. The van der Waals surface area contributed by atoms with Gasteiger partial charge in [0.1, 0.15) is 11.3 Å². The highest BCUT2D eigenvalue weighted by Gasteiger charge is 2.26. The number of carbonyl (C=O) groups excluding carboxylic acids is 1. The van der Waals surface area contributed by atoms with Gasteiger partial charge < -0.3 is 4.98 Å². The summed E-state index contributed by atoms with van der Waals surface area (Å²) in [5, 5.41) is 5.63. The Morgan fingerprint density at radius 2 is 2.33 bits per heavy atom. The third-order valence-electron chi connectivity index (χ3n) is 3.58. The monoisotopic (exact) mass is 282 g/mol. The van der Waals surface area contributed by atoms with Gasteiger partial charge in [0.15, 0.2) is 0 Å². The summed E-state index contributed by atoms with van der Waals surface area (Å²) in [6.07, 6.45) is 6.38. The molecule has 21 heavy (non-hydrogen) atoms. The molecule has 106 valence electrons. The van der Waals surface area contributed by atoms with Gasteiger partial charge in [0.05, 0.1) is 0 Å². The second-order valence-electron chi connectivity index (χ2n) is 4.98. The van der Waals surface area contributed by atoms with Crippen molar-refractivity contribution in [2.45, 2.75) is 6.42 Å². The van der Waals surface area contributed by atoms with E-state index in [-0.39, 0.29) is 5.91 Å². The Hall–Kier alpha value is -2.67. The molecule has 1 fully saturated rings. The smallest absolute Gasteiger partial charge is 0.276 e. The van der Waals surface area contributed by atoms with Gasteiger partial charge in [0.2, 0.25) is 5.96 Å². The average molecular weight is 282 g/mol. The molecule has 0 aliphatic carbocycles. The first kappa shape index (κ1) is 12.1. The van der Waals surface area contributed by atoms with Crippen molar-refractivity contribution in [3.63, 3.8) is 0 Å². The largest absolute Gasteiger partial charge is 0.346 e. The van der Waals surface area contributed by atoms with Crippen LogP contribution in [0.15, 0.2) is 35.2 Å². The highest BCUT2D eigenvalue weighted by molar-refractivity contribution is 6.14. The number of hydrogen-bond donors (Lipinski definition) is 3. The Morgan fingerprint density at radius 1 is 1.38 bits per heavy atom. The molecule has 4 heterocycles. The minimum atomic E-state index is -0.183. The van der Waals surface area contributed by atoms with Crippen molar-refractivity contribution in [1.82, 2.24) is 25.7 Å². The van der Waals surface area contributed by atoms with Crippen LogP contribution < -0.4 is 10.7 Å². The van der Waals surface area contributed by atoms with Crippen LogP contribution in [0.4, 0.5) is 0 Å². The first-order valence-corrected chi connectivity index (χ1v) is 6.86. The first-order valence-electron chi connectivity index (χ1n) is 6.86. The third kappa shape index (κ3) is 2.07. The SMILES string of the molecule is O=C1NC(N2CCCN2)=NC1=Cc1c[nH]c2ncccc12. The van der Waals surface area contributed by atoms with Crippen molar-refractivity contribution in [3.8, 4) is 0 Å². The normalized spacial score (nSPS) is 20.4. The van der Waals surface area contributed by atoms with E-state index in [0.717, 1.165) is 36.1 Å². The fourth-order valence-corrected chi connectivity index (χ4v) is 2.54. The van der Waals surface area contributed by atoms with Gasteiger partial charge in [-0.05, 0) is 24.6 Å². The zero-order valence-corrected chi connectivity index (χ0v) is 11.3. The lowest BCUT2D eigenvalue weighted by Crippen LogP contribution is -2.44. The van der Waals surface area contributed by atoms with Crippen molar-refractivity contribution < 1.29 is 4.79 Å². The van der Waals surface area contributed by atoms with E-state index in [0.29, 0.717) is 11.7 Å². The molecule has 0 bridgehead atoms. The van der Waals surface area contributed by atoms with Gasteiger partial charge >= 0.3 is 0 Å². The van der Waals surface area contributed by atoms with Gasteiger partial charge in [-0.3, -0.25) is 15.1 Å². The van der Waals surface area contributed by atoms with E-state index in [4.69, 9.17) is 0 Å². The Bertz CT molecular complexity index is 769. The number of nitrogens with one attached hydrogen (secondary N) is 3. The number of aliphatic imine (C=N–C) groups is 1. The number of aromatic amines is 1. The number of nitrogens with zero attached hydrogens (tertiary/aromatic N) is 3. The first-order chi connectivity index (χ1) is 10.3. The number of aromatic nitrogens is 2. The van der Waals surface area contributed by atoms with Gasteiger partial charge in [0.25, 0.3) is 5.91 Å². The van der Waals surface area contributed by atoms with Gasteiger partial charge in [0, 0.05) is 36.4 Å². The van der Waals surface area contributed by atoms with E-state index in [1.807, 2.05) is 23.3 Å². The fourth-order valence-electron chi connectivity index (χ4n) is 2.54. The summed E-state index contributed by atoms with van der Waals surface area (Å²) in [4.78, 5) is 23.7. The summed E-state index contributed by atoms with van der Waals surface area (Å²) in [7, 11) is 0. The number of H-pyrrole nitrogens is 1. The Morgan fingerprint density at radius 3 is 3.19 bits per heavy atom. The van der Waals surface area contributed by atoms with E-state index in [1.54, 1.807) is 12.3 Å². The van der Waals surface area contributed by atoms with Crippen molar-refractivity contribution in [2.75, 3.05) is 13.1 Å². The van der Waals surface area contributed by atoms with Crippen LogP contribution in [0.25, 0.3) is 17.1 Å². The molecular formula is C14H14N6O. The predicted molar refractivity (Wildman–Crippen MR) is 79.0 cm³/mol. The number of rotatable bonds is 1. The van der Waals surface area contributed by atoms with Crippen LogP contribution >= 0.6 is 0 Å². The minimum Gasteiger partial charge on any atom is -0.346 e. The van der Waals surface area contributed by atoms with Crippen molar-refractivity contribution in [2.24, 2.45) is 4.99 Å². The molecule has 0 spiro atoms. The molecule has 7 nitrogen and oxygen atoms in total. The lowest BCUT2D eigenvalue weighted by molar-refractivity contribution is -0.115. The van der Waals surface area contributed by atoms with E-state index in [2.05, 4.69) is 25.7 Å². The van der Waals surface area contributed by atoms with E-state index < -0.39 is 0 Å². The molecule has 0 unspecified atom stereocenters. The predicted octanol–water partition coefficient (Wildman–Crippen LogP) is 0.600. The number of guanidine groups is 1. The Kier molecular flexibility index (Phi) is 2.71. The maximum Gasteiger partial charge on any atom is 0.276 e. The van der Waals surface area contributed by atoms with E-state index in [1.165, 1.54) is 0 Å². The van der Waals surface area contributed by atoms with Gasteiger partial charge in [-0.1, -0.05) is 0 Å². The molecule has 2 aromatic heterocycles. The van der Waals surface area contributed by atoms with Crippen LogP contribution in [-0.4, -0.2) is 39.9 Å². The number of fused-ring (bicyclic) bond motifs is 1. The summed E-state index contributed by atoms with van der Waals surface area (Å²) in [5.74, 6) is 0.388. The number of carbonyl (C=O) groups is 1. The Labute approximate surface area is 120 Å². The molecule has 4 rings (SSSR count). The molecule has 2 aliphatic heterocycles. The number of amides is 1. The minimum absolute atomic E-state index is 0.183. The van der Waals surface area contributed by atoms with Crippen LogP contribution in [0.3, 0.4) is 0 Å². The average Bonchev–Trinajstić information content (AvgIpc) is 3.21. The van der Waals surface area contributed by atoms with E-state index in [9.17, 15) is 4.79 Å². The van der Waals surface area contributed by atoms with Gasteiger partial charge in [-0.15, -0.1) is 0 Å². The zero-order valence-electron chi connectivity index (χ0n) is 11.3. The molecule has 1 amide bonds. The molecule has 7 heteroatoms. The zero-order chi connectivity index (χ0) is 14.2. The maximum absolute atomic E-state index is 12.0. The van der Waals surface area contributed by atoms with Crippen LogP contribution in [0.2, 0.25) is 0 Å². The van der Waals surface area contributed by atoms with Crippen molar-refractivity contribution in [3.05, 3.63) is 35.8 Å². The van der Waals surface area contributed by atoms with E-state index >= 15 is 0 Å². The second-order valence-corrected chi connectivity index (χ2v) is 4.98. The standard InChI is InChI=1S/C14H14N6O/c21-13-11(18-14(19-13)20-6-2-5-17-20)7-9-8-16-12-10(9)3-1-4-15-12/h1,3-4,7-8,17H,2,5-6H2,(H,15,16)(H,18,19,21). The third-order valence-corrected chi connectivity index (χ3v) is 3.58. The number of pyridine rings is 1. The quantitative estimate of drug-likeness (QED) is 0.669. The van der Waals surface area contributed by atoms with Crippen molar-refractivity contribution in [1.29, 1.82) is 0 Å². The van der Waals surface area contributed by atoms with Crippen LogP contribution in [0.5, 0.6) is 0 Å². The van der Waals surface area contributed by atoms with Crippen LogP contribution in [0.1, 0.15) is 12.0 Å². The molecule has 0 aromatic carbocycles. The molecule has 0 saturated carbocycles. The lowest BCUT2D eigenvalue weighted by Gasteiger charge is -2.15. The van der Waals surface area contributed by atoms with Crippen molar-refractivity contribution >= 4 is 29.0 Å². The Balaban J connectivity index is 1.70. The molecule has 0 atom stereocenters. The summed E-state index contributed by atoms with van der Waals surface area (Å²) in [6, 6.07) is 3.83. The van der Waals surface area contributed by atoms with Gasteiger partial charge in [-0.2, -0.15) is 0 Å². The topological polar surface area (TPSA) is 85.4 Å². The number of hydrogen-bond acceptors (Lipinski definition) is 5. The lowest BCUT2D eigenvalue weighted by atomic mass is 10.2. The molecule has 2 aromatic rings. The summed E-state index contributed by atoms with van der Waals surface area (Å²) in [5.41, 5.74) is 5.28. The van der Waals surface area contributed by atoms with Crippen LogP contribution in [0, 0.1) is 0 Å². The number of hydrazine groups is 1. The highest BCUT2D eigenvalue weighted by atomic mass is 16.2. The highest BCUT2D eigenvalue weighted by Crippen LogP contribution is 2.20. The molecule has 0 radical (unpaired) electrons. The molecular weight excluding hydrogens is 268 g/mol.